The Morgan fingerprint density at radius 2 is 2.00 bits per heavy atom. The molecule has 30 heavy (non-hydrogen) atoms. The summed E-state index contributed by atoms with van der Waals surface area (Å²) in [7, 11) is 0. The van der Waals surface area contributed by atoms with Gasteiger partial charge >= 0.3 is 0 Å². The van der Waals surface area contributed by atoms with E-state index >= 15 is 0 Å². The van der Waals surface area contributed by atoms with E-state index in [0.29, 0.717) is 30.9 Å². The number of benzene rings is 1. The monoisotopic (exact) mass is 410 g/mol. The summed E-state index contributed by atoms with van der Waals surface area (Å²) in [6.07, 6.45) is 2.10. The number of hydrogen-bond donors (Lipinski definition) is 1. The number of ether oxygens (including phenoxy) is 2. The highest BCUT2D eigenvalue weighted by molar-refractivity contribution is 6.11. The average Bonchev–Trinajstić information content (AvgIpc) is 2.72. The van der Waals surface area contributed by atoms with Gasteiger partial charge in [-0.15, -0.1) is 0 Å². The first-order valence-corrected chi connectivity index (χ1v) is 9.68. The largest absolute Gasteiger partial charge is 0.494 e. The highest BCUT2D eigenvalue weighted by Gasteiger charge is 2.24. The Bertz CT molecular complexity index is 1010. The van der Waals surface area contributed by atoms with Crippen molar-refractivity contribution in [3.05, 3.63) is 69.5 Å². The zero-order valence-corrected chi connectivity index (χ0v) is 17.5. The first-order valence-electron chi connectivity index (χ1n) is 9.68. The molecule has 0 bridgehead atoms. The van der Waals surface area contributed by atoms with Gasteiger partial charge in [-0.2, -0.15) is 5.26 Å². The molecule has 2 aromatic rings. The molecule has 0 atom stereocenters. The number of nitriles is 1. The highest BCUT2D eigenvalue weighted by atomic mass is 16.5. The molecule has 0 fully saturated rings. The van der Waals surface area contributed by atoms with Crippen LogP contribution in [0.1, 0.15) is 47.3 Å². The van der Waals surface area contributed by atoms with E-state index in [1.807, 2.05) is 19.9 Å². The van der Waals surface area contributed by atoms with Gasteiger partial charge in [-0.05, 0) is 57.0 Å². The van der Waals surface area contributed by atoms with Crippen molar-refractivity contribution in [2.75, 3.05) is 13.2 Å². The third-order valence-corrected chi connectivity index (χ3v) is 4.49. The van der Waals surface area contributed by atoms with Crippen LogP contribution in [0, 0.1) is 18.3 Å². The molecule has 1 N–H and O–H groups in total. The van der Waals surface area contributed by atoms with Crippen LogP contribution in [-0.2, 0) is 11.3 Å². The second kappa shape index (κ2) is 10.4. The number of carbonyl (C=O) groups excluding carboxylic acids is 1. The van der Waals surface area contributed by atoms with Gasteiger partial charge in [-0.3, -0.25) is 14.2 Å². The molecule has 0 aliphatic heterocycles. The fraction of sp³-hybridized carbons (Fsp3) is 0.348. The minimum absolute atomic E-state index is 0.0403. The normalized spacial score (nSPS) is 10.6. The molecule has 0 radical (unpaired) electrons. The molecule has 0 unspecified atom stereocenters. The van der Waals surface area contributed by atoms with E-state index in [1.165, 1.54) is 6.92 Å². The summed E-state index contributed by atoms with van der Waals surface area (Å²) in [5, 5.41) is 20.2. The van der Waals surface area contributed by atoms with Gasteiger partial charge in [0.25, 0.3) is 5.56 Å². The van der Waals surface area contributed by atoms with Crippen molar-refractivity contribution in [3.8, 4) is 17.7 Å². The van der Waals surface area contributed by atoms with Gasteiger partial charge in [0.2, 0.25) is 5.88 Å². The van der Waals surface area contributed by atoms with Crippen LogP contribution in [-0.4, -0.2) is 34.8 Å². The number of hydrogen-bond acceptors (Lipinski definition) is 6. The van der Waals surface area contributed by atoms with E-state index in [-0.39, 0.29) is 29.3 Å². The summed E-state index contributed by atoms with van der Waals surface area (Å²) in [5.74, 6) is -0.359. The summed E-state index contributed by atoms with van der Waals surface area (Å²) >= 11 is 0. The van der Waals surface area contributed by atoms with Crippen molar-refractivity contribution < 1.29 is 19.4 Å². The quantitative estimate of drug-likeness (QED) is 0.366. The number of nitrogens with zero attached hydrogens (tertiary/aromatic N) is 2. The van der Waals surface area contributed by atoms with E-state index in [2.05, 4.69) is 6.58 Å². The van der Waals surface area contributed by atoms with Crippen LogP contribution < -0.4 is 10.3 Å². The fourth-order valence-electron chi connectivity index (χ4n) is 2.97. The standard InChI is InChI=1S/C23H26N2O5/c1-5-12-30-18-9-7-17(8-10-18)21(26)20-16(4)19(14-24)22(27)25(23(20)28)11-6-13-29-15(2)3/h5,7-10,15,28H,1,6,11-13H2,2-4H3. The molecule has 2 rings (SSSR count). The Hall–Kier alpha value is -3.37. The van der Waals surface area contributed by atoms with Crippen molar-refractivity contribution in [1.82, 2.24) is 4.57 Å². The van der Waals surface area contributed by atoms with E-state index in [1.54, 1.807) is 30.3 Å². The summed E-state index contributed by atoms with van der Waals surface area (Å²) in [6, 6.07) is 8.26. The number of aromatic hydroxyl groups is 1. The summed E-state index contributed by atoms with van der Waals surface area (Å²) in [5.41, 5.74) is -0.382. The van der Waals surface area contributed by atoms with E-state index in [0.717, 1.165) is 4.57 Å². The first kappa shape index (κ1) is 22.9. The van der Waals surface area contributed by atoms with Crippen LogP contribution in [0.15, 0.2) is 41.7 Å². The first-order chi connectivity index (χ1) is 14.3. The molecule has 0 spiro atoms. The Morgan fingerprint density at radius 3 is 2.57 bits per heavy atom. The molecule has 7 nitrogen and oxygen atoms in total. The third kappa shape index (κ3) is 5.16. The van der Waals surface area contributed by atoms with Crippen molar-refractivity contribution in [1.29, 1.82) is 5.26 Å². The molecular weight excluding hydrogens is 384 g/mol. The molecule has 0 saturated heterocycles. The number of rotatable bonds is 10. The maximum absolute atomic E-state index is 13.1. The zero-order valence-electron chi connectivity index (χ0n) is 17.5. The molecular formula is C23H26N2O5. The molecule has 0 aliphatic carbocycles. The summed E-state index contributed by atoms with van der Waals surface area (Å²) in [6.45, 7) is 9.71. The van der Waals surface area contributed by atoms with Gasteiger partial charge in [-0.25, -0.2) is 0 Å². The summed E-state index contributed by atoms with van der Waals surface area (Å²) in [4.78, 5) is 25.7. The van der Waals surface area contributed by atoms with Gasteiger partial charge in [0.15, 0.2) is 5.78 Å². The maximum Gasteiger partial charge on any atom is 0.271 e. The van der Waals surface area contributed by atoms with Crippen molar-refractivity contribution in [2.45, 2.75) is 39.8 Å². The molecule has 0 aliphatic rings. The molecule has 7 heteroatoms. The topological polar surface area (TPSA) is 102 Å². The SMILES string of the molecule is C=CCOc1ccc(C(=O)c2c(C)c(C#N)c(=O)n(CCCOC(C)C)c2O)cc1. The van der Waals surface area contributed by atoms with Crippen LogP contribution in [0.3, 0.4) is 0 Å². The van der Waals surface area contributed by atoms with Gasteiger partial charge in [0, 0.05) is 18.7 Å². The predicted molar refractivity (Wildman–Crippen MR) is 113 cm³/mol. The van der Waals surface area contributed by atoms with Crippen LogP contribution >= 0.6 is 0 Å². The lowest BCUT2D eigenvalue weighted by Gasteiger charge is -2.16. The minimum atomic E-state index is -0.623. The van der Waals surface area contributed by atoms with Crippen molar-refractivity contribution >= 4 is 5.78 Å². The van der Waals surface area contributed by atoms with Gasteiger partial charge in [0.05, 0.1) is 11.7 Å². The Balaban J connectivity index is 2.42. The van der Waals surface area contributed by atoms with Crippen molar-refractivity contribution in [2.24, 2.45) is 0 Å². The number of pyridine rings is 1. The minimum Gasteiger partial charge on any atom is -0.494 e. The fourth-order valence-corrected chi connectivity index (χ4v) is 2.97. The van der Waals surface area contributed by atoms with Gasteiger partial charge in [-0.1, -0.05) is 12.7 Å². The lowest BCUT2D eigenvalue weighted by molar-refractivity contribution is 0.0743. The molecule has 1 heterocycles. The van der Waals surface area contributed by atoms with E-state index < -0.39 is 17.2 Å². The maximum atomic E-state index is 13.1. The summed E-state index contributed by atoms with van der Waals surface area (Å²) < 4.78 is 11.9. The Labute approximate surface area is 175 Å². The lowest BCUT2D eigenvalue weighted by Crippen LogP contribution is -2.27. The third-order valence-electron chi connectivity index (χ3n) is 4.49. The number of aromatic nitrogens is 1. The zero-order chi connectivity index (χ0) is 22.3. The van der Waals surface area contributed by atoms with Gasteiger partial charge in [0.1, 0.15) is 24.0 Å². The second-order valence-electron chi connectivity index (χ2n) is 6.99. The molecule has 0 saturated carbocycles. The molecule has 158 valence electrons. The molecule has 0 amide bonds. The second-order valence-corrected chi connectivity index (χ2v) is 6.99. The van der Waals surface area contributed by atoms with Crippen LogP contribution in [0.2, 0.25) is 0 Å². The van der Waals surface area contributed by atoms with Crippen LogP contribution in [0.5, 0.6) is 11.6 Å². The lowest BCUT2D eigenvalue weighted by atomic mass is 9.97. The smallest absolute Gasteiger partial charge is 0.271 e. The molecule has 1 aromatic heterocycles. The number of carbonyl (C=O) groups is 1. The Kier molecular flexibility index (Phi) is 7.96. The van der Waals surface area contributed by atoms with E-state index in [4.69, 9.17) is 9.47 Å². The van der Waals surface area contributed by atoms with Gasteiger partial charge < -0.3 is 14.6 Å². The van der Waals surface area contributed by atoms with Crippen molar-refractivity contribution in [3.63, 3.8) is 0 Å². The number of ketones is 1. The highest BCUT2D eigenvalue weighted by Crippen LogP contribution is 2.26. The average molecular weight is 410 g/mol. The molecule has 1 aromatic carbocycles. The van der Waals surface area contributed by atoms with Crippen LogP contribution in [0.25, 0.3) is 0 Å². The predicted octanol–water partition coefficient (Wildman–Crippen LogP) is 3.34. The Morgan fingerprint density at radius 1 is 1.33 bits per heavy atom. The van der Waals surface area contributed by atoms with Crippen LogP contribution in [0.4, 0.5) is 0 Å². The van der Waals surface area contributed by atoms with E-state index in [9.17, 15) is 20.0 Å².